The molecule has 2 aromatic carbocycles. The largest absolute Gasteiger partial charge is 0.321 e. The van der Waals surface area contributed by atoms with E-state index >= 15 is 0 Å². The number of fused-ring (bicyclic) bond motifs is 1. The second-order valence-corrected chi connectivity index (χ2v) is 4.24. The summed E-state index contributed by atoms with van der Waals surface area (Å²) in [4.78, 5) is 16.3. The molecule has 1 amide bonds. The standard InChI is InChI=1S/C16H12N2O.2C2H6.CH4/c19-16(12-6-2-1-3-7-12)18-14-10-13-8-4-5-9-15(13)17-11-14;2*1-2;/h1-11H,(H,18,19);2*1-2H3;1H4. The van der Waals surface area contributed by atoms with Crippen LogP contribution in [0.4, 0.5) is 5.69 Å². The normalized spacial score (nSPS) is 8.67. The van der Waals surface area contributed by atoms with Crippen molar-refractivity contribution in [1.82, 2.24) is 4.98 Å². The van der Waals surface area contributed by atoms with Crippen LogP contribution in [0.25, 0.3) is 10.9 Å². The molecule has 0 aliphatic carbocycles. The van der Waals surface area contributed by atoms with Crippen LogP contribution in [0.3, 0.4) is 0 Å². The van der Waals surface area contributed by atoms with Gasteiger partial charge in [-0.3, -0.25) is 9.78 Å². The Morgan fingerprint density at radius 2 is 1.46 bits per heavy atom. The number of amides is 1. The molecule has 24 heavy (non-hydrogen) atoms. The fourth-order valence-corrected chi connectivity index (χ4v) is 1.93. The van der Waals surface area contributed by atoms with Gasteiger partial charge in [0.15, 0.2) is 0 Å². The van der Waals surface area contributed by atoms with Crippen LogP contribution in [0.1, 0.15) is 45.5 Å². The van der Waals surface area contributed by atoms with Crippen LogP contribution in [0.2, 0.25) is 0 Å². The topological polar surface area (TPSA) is 42.0 Å². The molecule has 0 aliphatic heterocycles. The van der Waals surface area contributed by atoms with E-state index in [1.807, 2.05) is 76.2 Å². The summed E-state index contributed by atoms with van der Waals surface area (Å²) < 4.78 is 0. The Bertz CT molecular complexity index is 724. The summed E-state index contributed by atoms with van der Waals surface area (Å²) in [6, 6.07) is 18.9. The predicted molar refractivity (Wildman–Crippen MR) is 106 cm³/mol. The maximum atomic E-state index is 12.0. The van der Waals surface area contributed by atoms with Crippen molar-refractivity contribution in [3.8, 4) is 0 Å². The molecular formula is C21H28N2O. The average Bonchev–Trinajstić information content (AvgIpc) is 2.65. The van der Waals surface area contributed by atoms with Crippen LogP contribution in [0.5, 0.6) is 0 Å². The zero-order valence-electron chi connectivity index (χ0n) is 14.2. The summed E-state index contributed by atoms with van der Waals surface area (Å²) in [5.41, 5.74) is 2.25. The molecule has 0 spiro atoms. The Balaban J connectivity index is 0.000000987. The Hall–Kier alpha value is -2.68. The highest BCUT2D eigenvalue weighted by molar-refractivity contribution is 6.04. The maximum Gasteiger partial charge on any atom is 0.255 e. The molecule has 1 N–H and O–H groups in total. The van der Waals surface area contributed by atoms with E-state index in [-0.39, 0.29) is 13.3 Å². The molecule has 0 aliphatic rings. The van der Waals surface area contributed by atoms with E-state index in [0.29, 0.717) is 11.3 Å². The highest BCUT2D eigenvalue weighted by atomic mass is 16.1. The van der Waals surface area contributed by atoms with Crippen molar-refractivity contribution in [3.05, 3.63) is 72.4 Å². The second-order valence-electron chi connectivity index (χ2n) is 4.24. The van der Waals surface area contributed by atoms with Gasteiger partial charge in [-0.2, -0.15) is 0 Å². The number of para-hydroxylation sites is 1. The lowest BCUT2D eigenvalue weighted by molar-refractivity contribution is 0.102. The van der Waals surface area contributed by atoms with E-state index in [9.17, 15) is 4.79 Å². The summed E-state index contributed by atoms with van der Waals surface area (Å²) in [6.45, 7) is 8.00. The van der Waals surface area contributed by atoms with Crippen molar-refractivity contribution in [2.24, 2.45) is 0 Å². The van der Waals surface area contributed by atoms with Gasteiger partial charge in [0.25, 0.3) is 5.91 Å². The minimum absolute atomic E-state index is 0. The highest BCUT2D eigenvalue weighted by Crippen LogP contribution is 2.16. The summed E-state index contributed by atoms with van der Waals surface area (Å²) >= 11 is 0. The molecule has 1 aromatic heterocycles. The van der Waals surface area contributed by atoms with Crippen molar-refractivity contribution in [3.63, 3.8) is 0 Å². The number of carbonyl (C=O) groups is 1. The fourth-order valence-electron chi connectivity index (χ4n) is 1.93. The van der Waals surface area contributed by atoms with E-state index in [4.69, 9.17) is 0 Å². The van der Waals surface area contributed by atoms with Crippen LogP contribution in [-0.4, -0.2) is 10.9 Å². The Kier molecular flexibility index (Phi) is 10.5. The molecule has 0 saturated heterocycles. The third-order valence-corrected chi connectivity index (χ3v) is 2.88. The third kappa shape index (κ3) is 5.84. The first-order chi connectivity index (χ1) is 11.3. The molecule has 1 heterocycles. The minimum Gasteiger partial charge on any atom is -0.321 e. The smallest absolute Gasteiger partial charge is 0.255 e. The van der Waals surface area contributed by atoms with Gasteiger partial charge in [-0.05, 0) is 24.3 Å². The fraction of sp³-hybridized carbons (Fsp3) is 0.238. The molecule has 0 unspecified atom stereocenters. The SMILES string of the molecule is C.CC.CC.O=C(Nc1cnc2ccccc2c1)c1ccccc1. The van der Waals surface area contributed by atoms with Crippen LogP contribution in [-0.2, 0) is 0 Å². The lowest BCUT2D eigenvalue weighted by Crippen LogP contribution is -2.11. The average molecular weight is 324 g/mol. The van der Waals surface area contributed by atoms with Crippen molar-refractivity contribution < 1.29 is 4.79 Å². The van der Waals surface area contributed by atoms with E-state index in [1.54, 1.807) is 18.3 Å². The first kappa shape index (κ1) is 21.3. The summed E-state index contributed by atoms with van der Waals surface area (Å²) in [6.07, 6.45) is 1.67. The Labute approximate surface area is 145 Å². The Morgan fingerprint density at radius 3 is 2.12 bits per heavy atom. The monoisotopic (exact) mass is 324 g/mol. The molecule has 128 valence electrons. The molecule has 3 nitrogen and oxygen atoms in total. The van der Waals surface area contributed by atoms with Gasteiger partial charge in [-0.1, -0.05) is 71.5 Å². The number of anilines is 1. The van der Waals surface area contributed by atoms with Crippen LogP contribution in [0, 0.1) is 0 Å². The lowest BCUT2D eigenvalue weighted by Gasteiger charge is -2.05. The van der Waals surface area contributed by atoms with Crippen molar-refractivity contribution >= 4 is 22.5 Å². The number of nitrogens with one attached hydrogen (secondary N) is 1. The number of nitrogens with zero attached hydrogens (tertiary/aromatic N) is 1. The van der Waals surface area contributed by atoms with Crippen LogP contribution in [0.15, 0.2) is 66.9 Å². The van der Waals surface area contributed by atoms with Gasteiger partial charge in [0.1, 0.15) is 0 Å². The van der Waals surface area contributed by atoms with E-state index < -0.39 is 0 Å². The number of aromatic nitrogens is 1. The van der Waals surface area contributed by atoms with Gasteiger partial charge in [-0.25, -0.2) is 0 Å². The number of benzene rings is 2. The van der Waals surface area contributed by atoms with E-state index in [1.165, 1.54) is 0 Å². The van der Waals surface area contributed by atoms with Gasteiger partial charge >= 0.3 is 0 Å². The number of hydrogen-bond acceptors (Lipinski definition) is 2. The minimum atomic E-state index is -0.127. The first-order valence-corrected chi connectivity index (χ1v) is 8.04. The molecule has 3 heteroatoms. The molecule has 3 aromatic rings. The molecule has 0 atom stereocenters. The summed E-state index contributed by atoms with van der Waals surface area (Å²) in [5, 5.41) is 3.86. The number of hydrogen-bond donors (Lipinski definition) is 1. The predicted octanol–water partition coefficient (Wildman–Crippen LogP) is 6.18. The van der Waals surface area contributed by atoms with Crippen LogP contribution >= 0.6 is 0 Å². The summed E-state index contributed by atoms with van der Waals surface area (Å²) in [5.74, 6) is -0.127. The van der Waals surface area contributed by atoms with Crippen LogP contribution < -0.4 is 5.32 Å². The summed E-state index contributed by atoms with van der Waals surface area (Å²) in [7, 11) is 0. The van der Waals surface area contributed by atoms with E-state index in [0.717, 1.165) is 10.9 Å². The van der Waals surface area contributed by atoms with E-state index in [2.05, 4.69) is 10.3 Å². The number of rotatable bonds is 2. The van der Waals surface area contributed by atoms with Crippen molar-refractivity contribution in [2.75, 3.05) is 5.32 Å². The van der Waals surface area contributed by atoms with Crippen molar-refractivity contribution in [1.29, 1.82) is 0 Å². The first-order valence-electron chi connectivity index (χ1n) is 8.04. The maximum absolute atomic E-state index is 12.0. The quantitative estimate of drug-likeness (QED) is 0.612. The van der Waals surface area contributed by atoms with Gasteiger partial charge in [0.2, 0.25) is 0 Å². The van der Waals surface area contributed by atoms with Gasteiger partial charge < -0.3 is 5.32 Å². The highest BCUT2D eigenvalue weighted by Gasteiger charge is 2.05. The number of pyridine rings is 1. The van der Waals surface area contributed by atoms with Gasteiger partial charge in [-0.15, -0.1) is 0 Å². The molecular weight excluding hydrogens is 296 g/mol. The Morgan fingerprint density at radius 1 is 0.875 bits per heavy atom. The molecule has 3 rings (SSSR count). The molecule has 0 radical (unpaired) electrons. The molecule has 0 bridgehead atoms. The zero-order valence-corrected chi connectivity index (χ0v) is 14.2. The lowest BCUT2D eigenvalue weighted by atomic mass is 10.2. The zero-order chi connectivity index (χ0) is 17.1. The molecule has 0 saturated carbocycles. The third-order valence-electron chi connectivity index (χ3n) is 2.88. The number of carbonyl (C=O) groups excluding carboxylic acids is 1. The molecule has 0 fully saturated rings. The van der Waals surface area contributed by atoms with Gasteiger partial charge in [0.05, 0.1) is 17.4 Å². The van der Waals surface area contributed by atoms with Gasteiger partial charge in [0, 0.05) is 10.9 Å². The second kappa shape index (κ2) is 11.8. The van der Waals surface area contributed by atoms with Crippen molar-refractivity contribution in [2.45, 2.75) is 35.1 Å².